The van der Waals surface area contributed by atoms with Gasteiger partial charge in [0.25, 0.3) is 0 Å². The molecule has 0 unspecified atom stereocenters. The SMILES string of the molecule is N#Cc1ccc(OCC(=N)N)cc1. The maximum Gasteiger partial charge on any atom is 0.145 e. The van der Waals surface area contributed by atoms with E-state index in [1.165, 1.54) is 0 Å². The third-order valence-electron chi connectivity index (χ3n) is 1.38. The Labute approximate surface area is 76.1 Å². The fourth-order valence-electron chi connectivity index (χ4n) is 0.787. The molecule has 0 spiro atoms. The number of nitrogens with one attached hydrogen (secondary N) is 1. The van der Waals surface area contributed by atoms with Crippen LogP contribution in [0, 0.1) is 16.7 Å². The molecule has 4 nitrogen and oxygen atoms in total. The Kier molecular flexibility index (Phi) is 2.87. The van der Waals surface area contributed by atoms with Gasteiger partial charge in [-0.2, -0.15) is 5.26 Å². The summed E-state index contributed by atoms with van der Waals surface area (Å²) in [6.07, 6.45) is 0. The van der Waals surface area contributed by atoms with Gasteiger partial charge in [0.2, 0.25) is 0 Å². The number of hydrogen-bond acceptors (Lipinski definition) is 3. The van der Waals surface area contributed by atoms with Crippen LogP contribution in [-0.2, 0) is 0 Å². The molecular formula is C9H9N3O. The minimum Gasteiger partial charge on any atom is -0.486 e. The Morgan fingerprint density at radius 1 is 1.46 bits per heavy atom. The van der Waals surface area contributed by atoms with Crippen LogP contribution < -0.4 is 10.5 Å². The summed E-state index contributed by atoms with van der Waals surface area (Å²) in [5.41, 5.74) is 5.68. The standard InChI is InChI=1S/C9H9N3O/c10-5-7-1-3-8(4-2-7)13-6-9(11)12/h1-4H,6H2,(H3,11,12). The lowest BCUT2D eigenvalue weighted by Crippen LogP contribution is -2.19. The summed E-state index contributed by atoms with van der Waals surface area (Å²) in [7, 11) is 0. The van der Waals surface area contributed by atoms with E-state index in [2.05, 4.69) is 0 Å². The lowest BCUT2D eigenvalue weighted by Gasteiger charge is -2.03. The van der Waals surface area contributed by atoms with E-state index in [-0.39, 0.29) is 12.4 Å². The average Bonchev–Trinajstić information content (AvgIpc) is 2.15. The summed E-state index contributed by atoms with van der Waals surface area (Å²) in [5, 5.41) is 15.4. The highest BCUT2D eigenvalue weighted by atomic mass is 16.5. The molecule has 0 heterocycles. The molecule has 0 saturated carbocycles. The van der Waals surface area contributed by atoms with Crippen LogP contribution in [-0.4, -0.2) is 12.4 Å². The third-order valence-corrected chi connectivity index (χ3v) is 1.38. The molecular weight excluding hydrogens is 166 g/mol. The molecule has 3 N–H and O–H groups in total. The summed E-state index contributed by atoms with van der Waals surface area (Å²) in [5.74, 6) is 0.582. The van der Waals surface area contributed by atoms with E-state index >= 15 is 0 Å². The van der Waals surface area contributed by atoms with Gasteiger partial charge in [0, 0.05) is 0 Å². The van der Waals surface area contributed by atoms with Crippen molar-refractivity contribution in [2.75, 3.05) is 6.61 Å². The topological polar surface area (TPSA) is 82.9 Å². The lowest BCUT2D eigenvalue weighted by molar-refractivity contribution is 0.374. The normalized spacial score (nSPS) is 8.85. The van der Waals surface area contributed by atoms with Crippen LogP contribution >= 0.6 is 0 Å². The fourth-order valence-corrected chi connectivity index (χ4v) is 0.787. The van der Waals surface area contributed by atoms with Gasteiger partial charge in [0.15, 0.2) is 0 Å². The molecule has 4 heteroatoms. The zero-order valence-corrected chi connectivity index (χ0v) is 6.95. The number of rotatable bonds is 3. The van der Waals surface area contributed by atoms with Gasteiger partial charge in [-0.3, -0.25) is 5.41 Å². The second-order valence-electron chi connectivity index (χ2n) is 2.45. The first-order valence-electron chi connectivity index (χ1n) is 3.68. The highest BCUT2D eigenvalue weighted by Crippen LogP contribution is 2.10. The van der Waals surface area contributed by atoms with Crippen LogP contribution in [0.1, 0.15) is 5.56 Å². The van der Waals surface area contributed by atoms with Crippen molar-refractivity contribution in [3.8, 4) is 11.8 Å². The number of ether oxygens (including phenoxy) is 1. The van der Waals surface area contributed by atoms with E-state index in [1.807, 2.05) is 6.07 Å². The predicted molar refractivity (Wildman–Crippen MR) is 48.6 cm³/mol. The molecule has 0 aliphatic rings. The first kappa shape index (κ1) is 9.07. The zero-order chi connectivity index (χ0) is 9.68. The Morgan fingerprint density at radius 2 is 2.08 bits per heavy atom. The third kappa shape index (κ3) is 2.83. The molecule has 0 aliphatic heterocycles. The second kappa shape index (κ2) is 4.12. The molecule has 0 fully saturated rings. The lowest BCUT2D eigenvalue weighted by atomic mass is 10.2. The van der Waals surface area contributed by atoms with E-state index in [0.717, 1.165) is 0 Å². The molecule has 0 aromatic heterocycles. The summed E-state index contributed by atoms with van der Waals surface area (Å²) in [4.78, 5) is 0. The Hall–Kier alpha value is -2.02. The number of nitriles is 1. The van der Waals surface area contributed by atoms with Gasteiger partial charge >= 0.3 is 0 Å². The van der Waals surface area contributed by atoms with Crippen LogP contribution in [0.3, 0.4) is 0 Å². The Bertz CT molecular complexity index is 337. The molecule has 0 amide bonds. The van der Waals surface area contributed by atoms with Gasteiger partial charge in [-0.25, -0.2) is 0 Å². The Morgan fingerprint density at radius 3 is 2.54 bits per heavy atom. The van der Waals surface area contributed by atoms with Gasteiger partial charge < -0.3 is 10.5 Å². The van der Waals surface area contributed by atoms with Crippen molar-refractivity contribution in [2.45, 2.75) is 0 Å². The minimum atomic E-state index is -0.0237. The molecule has 0 radical (unpaired) electrons. The molecule has 1 aromatic carbocycles. The van der Waals surface area contributed by atoms with Gasteiger partial charge in [-0.15, -0.1) is 0 Å². The molecule has 0 aliphatic carbocycles. The van der Waals surface area contributed by atoms with Crippen molar-refractivity contribution in [2.24, 2.45) is 5.73 Å². The summed E-state index contributed by atoms with van der Waals surface area (Å²) < 4.78 is 5.11. The Balaban J connectivity index is 2.60. The summed E-state index contributed by atoms with van der Waals surface area (Å²) in [6, 6.07) is 8.63. The molecule has 1 aromatic rings. The van der Waals surface area contributed by atoms with Crippen molar-refractivity contribution >= 4 is 5.84 Å². The van der Waals surface area contributed by atoms with Crippen LogP contribution in [0.2, 0.25) is 0 Å². The smallest absolute Gasteiger partial charge is 0.145 e. The average molecular weight is 175 g/mol. The molecule has 66 valence electrons. The minimum absolute atomic E-state index is 0.0237. The van der Waals surface area contributed by atoms with Crippen molar-refractivity contribution in [3.63, 3.8) is 0 Å². The number of hydrogen-bond donors (Lipinski definition) is 2. The maximum atomic E-state index is 8.50. The highest BCUT2D eigenvalue weighted by molar-refractivity contribution is 5.78. The molecule has 0 saturated heterocycles. The summed E-state index contributed by atoms with van der Waals surface area (Å²) >= 11 is 0. The van der Waals surface area contributed by atoms with Crippen molar-refractivity contribution in [1.29, 1.82) is 10.7 Å². The first-order chi connectivity index (χ1) is 6.22. The zero-order valence-electron chi connectivity index (χ0n) is 6.95. The maximum absolute atomic E-state index is 8.50. The molecule has 13 heavy (non-hydrogen) atoms. The van der Waals surface area contributed by atoms with E-state index in [0.29, 0.717) is 11.3 Å². The van der Waals surface area contributed by atoms with Crippen LogP contribution in [0.25, 0.3) is 0 Å². The number of nitrogens with zero attached hydrogens (tertiary/aromatic N) is 1. The number of benzene rings is 1. The van der Waals surface area contributed by atoms with Gasteiger partial charge in [0.05, 0.1) is 11.6 Å². The molecule has 0 atom stereocenters. The molecule has 0 bridgehead atoms. The van der Waals surface area contributed by atoms with Gasteiger partial charge in [-0.1, -0.05) is 0 Å². The largest absolute Gasteiger partial charge is 0.486 e. The number of nitrogens with two attached hydrogens (primary N) is 1. The molecule has 1 rings (SSSR count). The van der Waals surface area contributed by atoms with Gasteiger partial charge in [-0.05, 0) is 24.3 Å². The second-order valence-corrected chi connectivity index (χ2v) is 2.45. The predicted octanol–water partition coefficient (Wildman–Crippen LogP) is 0.873. The van der Waals surface area contributed by atoms with Crippen molar-refractivity contribution in [1.82, 2.24) is 0 Å². The van der Waals surface area contributed by atoms with E-state index in [4.69, 9.17) is 21.1 Å². The monoisotopic (exact) mass is 175 g/mol. The quantitative estimate of drug-likeness (QED) is 0.528. The van der Waals surface area contributed by atoms with Crippen LogP contribution in [0.15, 0.2) is 24.3 Å². The van der Waals surface area contributed by atoms with Crippen LogP contribution in [0.5, 0.6) is 5.75 Å². The van der Waals surface area contributed by atoms with E-state index in [1.54, 1.807) is 24.3 Å². The summed E-state index contributed by atoms with van der Waals surface area (Å²) in [6.45, 7) is 0.0753. The van der Waals surface area contributed by atoms with E-state index in [9.17, 15) is 0 Å². The van der Waals surface area contributed by atoms with Crippen LogP contribution in [0.4, 0.5) is 0 Å². The fraction of sp³-hybridized carbons (Fsp3) is 0.111. The van der Waals surface area contributed by atoms with E-state index < -0.39 is 0 Å². The van der Waals surface area contributed by atoms with Crippen molar-refractivity contribution in [3.05, 3.63) is 29.8 Å². The first-order valence-corrected chi connectivity index (χ1v) is 3.68. The number of amidine groups is 1. The highest BCUT2D eigenvalue weighted by Gasteiger charge is 1.94. The van der Waals surface area contributed by atoms with Gasteiger partial charge in [0.1, 0.15) is 18.2 Å². The van der Waals surface area contributed by atoms with Crippen molar-refractivity contribution < 1.29 is 4.74 Å².